The Balaban J connectivity index is 1.18. The number of aromatic amines is 2. The Labute approximate surface area is 221 Å². The number of alkyl halides is 2. The van der Waals surface area contributed by atoms with E-state index < -0.39 is 11.7 Å². The van der Waals surface area contributed by atoms with E-state index in [1.54, 1.807) is 22.7 Å². The third-order valence-electron chi connectivity index (χ3n) is 7.53. The Hall–Kier alpha value is -4.19. The largest absolute Gasteiger partial charge is 0.337 e. The maximum Gasteiger partial charge on any atom is 0.301 e. The highest BCUT2D eigenvalue weighted by atomic mass is 19.3. The average Bonchev–Trinajstić information content (AvgIpc) is 3.28. The van der Waals surface area contributed by atoms with Gasteiger partial charge in [-0.25, -0.2) is 14.1 Å². The van der Waals surface area contributed by atoms with Crippen molar-refractivity contribution in [3.8, 4) is 22.8 Å². The highest BCUT2D eigenvalue weighted by Crippen LogP contribution is 2.47. The van der Waals surface area contributed by atoms with Gasteiger partial charge in [0, 0.05) is 30.2 Å². The molecule has 12 heteroatoms. The van der Waals surface area contributed by atoms with Crippen LogP contribution in [0.3, 0.4) is 0 Å². The molecule has 0 atom stereocenters. The van der Waals surface area contributed by atoms with E-state index in [2.05, 4.69) is 35.6 Å². The molecule has 1 aliphatic heterocycles. The predicted molar refractivity (Wildman–Crippen MR) is 140 cm³/mol. The van der Waals surface area contributed by atoms with Crippen molar-refractivity contribution >= 4 is 22.5 Å². The molecule has 7 rings (SSSR count). The first-order chi connectivity index (χ1) is 18.8. The van der Waals surface area contributed by atoms with Gasteiger partial charge in [-0.05, 0) is 55.1 Å². The zero-order valence-corrected chi connectivity index (χ0v) is 21.4. The van der Waals surface area contributed by atoms with Crippen molar-refractivity contribution in [1.82, 2.24) is 39.8 Å². The van der Waals surface area contributed by atoms with Gasteiger partial charge in [-0.15, -0.1) is 5.10 Å². The van der Waals surface area contributed by atoms with E-state index in [1.165, 1.54) is 17.7 Å². The summed E-state index contributed by atoms with van der Waals surface area (Å²) in [6, 6.07) is 8.47. The van der Waals surface area contributed by atoms with Gasteiger partial charge in [-0.1, -0.05) is 13.0 Å². The molecule has 9 nitrogen and oxygen atoms in total. The van der Waals surface area contributed by atoms with Gasteiger partial charge in [0.1, 0.15) is 17.3 Å². The Kier molecular flexibility index (Phi) is 5.31. The van der Waals surface area contributed by atoms with Gasteiger partial charge in [0.25, 0.3) is 0 Å². The number of rotatable bonds is 6. The highest BCUT2D eigenvalue weighted by Gasteiger charge is 2.42. The number of benzene rings is 2. The number of nitrogens with zero attached hydrogens (tertiary/aromatic N) is 6. The van der Waals surface area contributed by atoms with Crippen LogP contribution in [0.15, 0.2) is 36.5 Å². The fraction of sp³-hybridized carbons (Fsp3) is 0.333. The molecular weight excluding hydrogens is 507 g/mol. The molecule has 3 aromatic heterocycles. The number of nitrogens with one attached hydrogen (secondary N) is 3. The summed E-state index contributed by atoms with van der Waals surface area (Å²) in [7, 11) is 1.77. The smallest absolute Gasteiger partial charge is 0.301 e. The second-order valence-electron chi connectivity index (χ2n) is 10.2. The Bertz CT molecular complexity index is 1710. The summed E-state index contributed by atoms with van der Waals surface area (Å²) < 4.78 is 46.2. The van der Waals surface area contributed by atoms with Gasteiger partial charge in [0.15, 0.2) is 5.82 Å². The van der Waals surface area contributed by atoms with Gasteiger partial charge in [-0.3, -0.25) is 10.00 Å². The zero-order valence-electron chi connectivity index (χ0n) is 21.4. The predicted octanol–water partition coefficient (Wildman–Crippen LogP) is 5.44. The minimum atomic E-state index is -3.08. The second kappa shape index (κ2) is 8.67. The molecule has 2 aromatic carbocycles. The summed E-state index contributed by atoms with van der Waals surface area (Å²) in [6.45, 7) is 2.21. The number of imidazole rings is 1. The van der Waals surface area contributed by atoms with E-state index in [9.17, 15) is 8.78 Å². The lowest BCUT2D eigenvalue weighted by atomic mass is 10.0. The molecule has 1 aliphatic carbocycles. The van der Waals surface area contributed by atoms with E-state index in [4.69, 9.17) is 0 Å². The van der Waals surface area contributed by atoms with E-state index in [-0.39, 0.29) is 29.3 Å². The van der Waals surface area contributed by atoms with Crippen LogP contribution in [-0.4, -0.2) is 52.9 Å². The van der Waals surface area contributed by atoms with Crippen molar-refractivity contribution in [3.05, 3.63) is 59.3 Å². The van der Waals surface area contributed by atoms with Crippen LogP contribution in [0.25, 0.3) is 33.7 Å². The van der Waals surface area contributed by atoms with Crippen molar-refractivity contribution < 1.29 is 13.2 Å². The average molecular weight is 534 g/mol. The molecule has 1 saturated carbocycles. The standard InChI is InChI=1S/C27H26F3N9/c1-3-39-12-21-23(27(29,30)13-39)34-25(32-21)16-7-6-15(10-18(16)28)24-35-26(38(2)37-24)33-20-9-8-19-17(11-31-36-19)22(20)14-4-5-14/h6-11,14H,3-5,12-13H2,1-2H3,(H,31,36)(H,32,34)(H,33,35,37). The third kappa shape index (κ3) is 4.06. The molecule has 5 aromatic rings. The van der Waals surface area contributed by atoms with E-state index in [0.717, 1.165) is 29.4 Å². The minimum absolute atomic E-state index is 0.0836. The van der Waals surface area contributed by atoms with Crippen LogP contribution in [0, 0.1) is 5.82 Å². The zero-order chi connectivity index (χ0) is 26.9. The lowest BCUT2D eigenvalue weighted by Gasteiger charge is -2.30. The summed E-state index contributed by atoms with van der Waals surface area (Å²) in [6.07, 6.45) is 4.10. The fourth-order valence-corrected chi connectivity index (χ4v) is 5.35. The van der Waals surface area contributed by atoms with Crippen LogP contribution < -0.4 is 5.32 Å². The molecule has 200 valence electrons. The molecule has 4 heterocycles. The number of hydrogen-bond acceptors (Lipinski definition) is 6. The van der Waals surface area contributed by atoms with Gasteiger partial charge >= 0.3 is 5.92 Å². The first-order valence-electron chi connectivity index (χ1n) is 12.9. The van der Waals surface area contributed by atoms with Crippen LogP contribution in [0.1, 0.15) is 42.6 Å². The van der Waals surface area contributed by atoms with Crippen LogP contribution in [-0.2, 0) is 19.5 Å². The van der Waals surface area contributed by atoms with Crippen molar-refractivity contribution in [2.45, 2.75) is 38.2 Å². The molecule has 0 saturated heterocycles. The van der Waals surface area contributed by atoms with Gasteiger partial charge in [0.05, 0.1) is 29.5 Å². The molecule has 0 radical (unpaired) electrons. The Morgan fingerprint density at radius 1 is 1.15 bits per heavy atom. The molecule has 0 amide bonds. The van der Waals surface area contributed by atoms with E-state index in [0.29, 0.717) is 36.3 Å². The van der Waals surface area contributed by atoms with Crippen LogP contribution in [0.2, 0.25) is 0 Å². The van der Waals surface area contributed by atoms with Crippen LogP contribution in [0.5, 0.6) is 0 Å². The molecule has 39 heavy (non-hydrogen) atoms. The third-order valence-corrected chi connectivity index (χ3v) is 7.53. The minimum Gasteiger partial charge on any atom is -0.337 e. The molecule has 2 aliphatic rings. The first kappa shape index (κ1) is 23.9. The first-order valence-corrected chi connectivity index (χ1v) is 12.9. The molecule has 1 fully saturated rings. The molecule has 3 N–H and O–H groups in total. The molecular formula is C27H26F3N9. The van der Waals surface area contributed by atoms with E-state index in [1.807, 2.05) is 25.3 Å². The molecule has 0 bridgehead atoms. The van der Waals surface area contributed by atoms with Crippen LogP contribution in [0.4, 0.5) is 24.8 Å². The Morgan fingerprint density at radius 2 is 2.00 bits per heavy atom. The number of H-pyrrole nitrogens is 2. The maximum absolute atomic E-state index is 15.3. The van der Waals surface area contributed by atoms with Crippen molar-refractivity contribution in [2.75, 3.05) is 18.4 Å². The number of halogens is 3. The normalized spacial score (nSPS) is 17.1. The monoisotopic (exact) mass is 533 g/mol. The maximum atomic E-state index is 15.3. The van der Waals surface area contributed by atoms with Gasteiger partial charge in [0.2, 0.25) is 5.95 Å². The van der Waals surface area contributed by atoms with Gasteiger partial charge in [-0.2, -0.15) is 18.9 Å². The lowest BCUT2D eigenvalue weighted by molar-refractivity contribution is -0.0548. The Morgan fingerprint density at radius 3 is 2.77 bits per heavy atom. The highest BCUT2D eigenvalue weighted by molar-refractivity contribution is 5.89. The number of aryl methyl sites for hydroxylation is 1. The summed E-state index contributed by atoms with van der Waals surface area (Å²) >= 11 is 0. The van der Waals surface area contributed by atoms with Gasteiger partial charge < -0.3 is 10.3 Å². The molecule has 0 spiro atoms. The SMILES string of the molecule is CCN1Cc2nc(-c3ccc(-c4nc(Nc5ccc6[nH]ncc6c5C5CC5)n(C)n4)cc3F)[nH]c2C(F)(F)C1. The van der Waals surface area contributed by atoms with Crippen molar-refractivity contribution in [1.29, 1.82) is 0 Å². The summed E-state index contributed by atoms with van der Waals surface area (Å²) in [5.41, 5.74) is 3.71. The number of anilines is 2. The summed E-state index contributed by atoms with van der Waals surface area (Å²) in [5, 5.41) is 16.2. The van der Waals surface area contributed by atoms with Crippen molar-refractivity contribution in [2.24, 2.45) is 7.05 Å². The lowest BCUT2D eigenvalue weighted by Crippen LogP contribution is -2.40. The second-order valence-corrected chi connectivity index (χ2v) is 10.2. The van der Waals surface area contributed by atoms with Crippen molar-refractivity contribution in [3.63, 3.8) is 0 Å². The number of likely N-dealkylation sites (N-methyl/N-ethyl adjacent to an activating group) is 1. The summed E-state index contributed by atoms with van der Waals surface area (Å²) in [5.74, 6) is -2.26. The number of hydrogen-bond donors (Lipinski definition) is 3. The summed E-state index contributed by atoms with van der Waals surface area (Å²) in [4.78, 5) is 13.2. The quantitative estimate of drug-likeness (QED) is 0.269. The number of aromatic nitrogens is 7. The fourth-order valence-electron chi connectivity index (χ4n) is 5.35. The van der Waals surface area contributed by atoms with Crippen LogP contribution >= 0.6 is 0 Å². The van der Waals surface area contributed by atoms with E-state index >= 15 is 4.39 Å². The molecule has 0 unspecified atom stereocenters. The number of fused-ring (bicyclic) bond motifs is 2. The topological polar surface area (TPSA) is 103 Å².